The van der Waals surface area contributed by atoms with Crippen molar-refractivity contribution < 1.29 is 13.9 Å². The summed E-state index contributed by atoms with van der Waals surface area (Å²) in [6, 6.07) is 6.87. The van der Waals surface area contributed by atoms with Gasteiger partial charge in [-0.2, -0.15) is 0 Å². The zero-order chi connectivity index (χ0) is 17.7. The zero-order valence-corrected chi connectivity index (χ0v) is 17.8. The first-order valence-corrected chi connectivity index (χ1v) is 9.24. The molecule has 2 N–H and O–H groups in total. The molecule has 1 aliphatic heterocycles. The van der Waals surface area contributed by atoms with E-state index in [4.69, 9.17) is 9.47 Å². The zero-order valence-electron chi connectivity index (χ0n) is 15.5. The fraction of sp³-hybridized carbons (Fsp3) is 0.632. The van der Waals surface area contributed by atoms with E-state index in [-0.39, 0.29) is 35.9 Å². The molecule has 0 radical (unpaired) electrons. The van der Waals surface area contributed by atoms with Crippen LogP contribution < -0.4 is 10.6 Å². The molecule has 0 spiro atoms. The van der Waals surface area contributed by atoms with Crippen LogP contribution in [0.1, 0.15) is 31.7 Å². The van der Waals surface area contributed by atoms with Gasteiger partial charge in [0.05, 0.1) is 12.7 Å². The highest BCUT2D eigenvalue weighted by Crippen LogP contribution is 2.11. The SMILES string of the molecule is CCNC(=NCCCOCC1CCCO1)NCCc1ccccc1F.I. The lowest BCUT2D eigenvalue weighted by molar-refractivity contribution is 0.0171. The summed E-state index contributed by atoms with van der Waals surface area (Å²) in [5.74, 6) is 0.604. The molecular formula is C19H31FIN3O2. The molecule has 1 aromatic rings. The van der Waals surface area contributed by atoms with E-state index < -0.39 is 0 Å². The summed E-state index contributed by atoms with van der Waals surface area (Å²) in [4.78, 5) is 4.53. The molecule has 0 aliphatic carbocycles. The molecule has 1 heterocycles. The number of hydrogen-bond acceptors (Lipinski definition) is 3. The first-order valence-electron chi connectivity index (χ1n) is 9.24. The minimum atomic E-state index is -0.158. The molecule has 0 amide bonds. The third-order valence-corrected chi connectivity index (χ3v) is 4.03. The highest BCUT2D eigenvalue weighted by Gasteiger charge is 2.14. The van der Waals surface area contributed by atoms with Crippen molar-refractivity contribution in [2.75, 3.05) is 39.5 Å². The molecule has 1 fully saturated rings. The van der Waals surface area contributed by atoms with Crippen LogP contribution in [0.25, 0.3) is 0 Å². The van der Waals surface area contributed by atoms with Crippen LogP contribution in [-0.2, 0) is 15.9 Å². The second-order valence-corrected chi connectivity index (χ2v) is 6.09. The lowest BCUT2D eigenvalue weighted by Gasteiger charge is -2.12. The predicted octanol–water partition coefficient (Wildman–Crippen LogP) is 3.13. The number of ether oxygens (including phenoxy) is 2. The van der Waals surface area contributed by atoms with Crippen molar-refractivity contribution >= 4 is 29.9 Å². The van der Waals surface area contributed by atoms with Crippen LogP contribution in [0.4, 0.5) is 4.39 Å². The van der Waals surface area contributed by atoms with Crippen molar-refractivity contribution in [2.24, 2.45) is 4.99 Å². The summed E-state index contributed by atoms with van der Waals surface area (Å²) in [5.41, 5.74) is 0.716. The molecule has 2 rings (SSSR count). The largest absolute Gasteiger partial charge is 0.379 e. The summed E-state index contributed by atoms with van der Waals surface area (Å²) in [5, 5.41) is 6.45. The average molecular weight is 479 g/mol. The van der Waals surface area contributed by atoms with Gasteiger partial charge in [-0.25, -0.2) is 4.39 Å². The lowest BCUT2D eigenvalue weighted by atomic mass is 10.1. The lowest BCUT2D eigenvalue weighted by Crippen LogP contribution is -2.38. The van der Waals surface area contributed by atoms with Crippen LogP contribution in [0.5, 0.6) is 0 Å². The van der Waals surface area contributed by atoms with Crippen LogP contribution in [0, 0.1) is 5.82 Å². The molecule has 1 atom stereocenters. The summed E-state index contributed by atoms with van der Waals surface area (Å²) in [6.45, 7) is 6.40. The van der Waals surface area contributed by atoms with E-state index in [0.29, 0.717) is 38.3 Å². The second-order valence-electron chi connectivity index (χ2n) is 6.09. The number of halogens is 2. The molecule has 5 nitrogen and oxygen atoms in total. The third-order valence-electron chi connectivity index (χ3n) is 4.03. The quantitative estimate of drug-likeness (QED) is 0.235. The maximum atomic E-state index is 13.6. The van der Waals surface area contributed by atoms with E-state index in [9.17, 15) is 4.39 Å². The Morgan fingerprint density at radius 1 is 1.35 bits per heavy atom. The van der Waals surface area contributed by atoms with Gasteiger partial charge in [0.15, 0.2) is 5.96 Å². The molecule has 0 saturated carbocycles. The summed E-state index contributed by atoms with van der Waals surface area (Å²) in [6.07, 6.45) is 4.02. The normalized spacial score (nSPS) is 17.0. The van der Waals surface area contributed by atoms with Crippen LogP contribution in [0.15, 0.2) is 29.3 Å². The Labute approximate surface area is 173 Å². The van der Waals surface area contributed by atoms with Crippen molar-refractivity contribution in [3.05, 3.63) is 35.6 Å². The van der Waals surface area contributed by atoms with Crippen molar-refractivity contribution in [3.8, 4) is 0 Å². The molecular weight excluding hydrogens is 448 g/mol. The summed E-state index contributed by atoms with van der Waals surface area (Å²) in [7, 11) is 0. The Kier molecular flexibility index (Phi) is 12.6. The number of rotatable bonds is 10. The Balaban J connectivity index is 0.00000338. The van der Waals surface area contributed by atoms with Crippen LogP contribution >= 0.6 is 24.0 Å². The highest BCUT2D eigenvalue weighted by atomic mass is 127. The van der Waals surface area contributed by atoms with Crippen molar-refractivity contribution in [1.29, 1.82) is 0 Å². The second kappa shape index (κ2) is 14.2. The monoisotopic (exact) mass is 479 g/mol. The van der Waals surface area contributed by atoms with Gasteiger partial charge in [0.1, 0.15) is 5.82 Å². The van der Waals surface area contributed by atoms with E-state index in [1.165, 1.54) is 6.07 Å². The van der Waals surface area contributed by atoms with Crippen LogP contribution in [0.3, 0.4) is 0 Å². The highest BCUT2D eigenvalue weighted by molar-refractivity contribution is 14.0. The van der Waals surface area contributed by atoms with Gasteiger partial charge in [0.25, 0.3) is 0 Å². The molecule has 26 heavy (non-hydrogen) atoms. The van der Waals surface area contributed by atoms with Crippen LogP contribution in [-0.4, -0.2) is 51.5 Å². The maximum Gasteiger partial charge on any atom is 0.191 e. The van der Waals surface area contributed by atoms with Gasteiger partial charge < -0.3 is 20.1 Å². The average Bonchev–Trinajstić information content (AvgIpc) is 3.13. The smallest absolute Gasteiger partial charge is 0.191 e. The van der Waals surface area contributed by atoms with Gasteiger partial charge in [0, 0.05) is 32.8 Å². The topological polar surface area (TPSA) is 54.9 Å². The molecule has 0 bridgehead atoms. The molecule has 148 valence electrons. The van der Waals surface area contributed by atoms with E-state index in [0.717, 1.165) is 38.4 Å². The fourth-order valence-corrected chi connectivity index (χ4v) is 2.71. The number of nitrogens with one attached hydrogen (secondary N) is 2. The van der Waals surface area contributed by atoms with Gasteiger partial charge in [-0.05, 0) is 44.2 Å². The van der Waals surface area contributed by atoms with E-state index in [2.05, 4.69) is 15.6 Å². The van der Waals surface area contributed by atoms with Gasteiger partial charge >= 0.3 is 0 Å². The van der Waals surface area contributed by atoms with Crippen molar-refractivity contribution in [3.63, 3.8) is 0 Å². The first kappa shape index (κ1) is 23.1. The Morgan fingerprint density at radius 2 is 2.19 bits per heavy atom. The van der Waals surface area contributed by atoms with Crippen LogP contribution in [0.2, 0.25) is 0 Å². The third kappa shape index (κ3) is 9.14. The van der Waals surface area contributed by atoms with E-state index in [1.807, 2.05) is 19.1 Å². The van der Waals surface area contributed by atoms with E-state index >= 15 is 0 Å². The molecule has 0 aromatic heterocycles. The van der Waals surface area contributed by atoms with Gasteiger partial charge in [0.2, 0.25) is 0 Å². The number of aliphatic imine (C=N–C) groups is 1. The Bertz CT molecular complexity index is 525. The predicted molar refractivity (Wildman–Crippen MR) is 114 cm³/mol. The van der Waals surface area contributed by atoms with E-state index in [1.54, 1.807) is 6.07 Å². The number of hydrogen-bond donors (Lipinski definition) is 2. The summed E-state index contributed by atoms with van der Waals surface area (Å²) < 4.78 is 24.8. The first-order chi connectivity index (χ1) is 12.3. The maximum absolute atomic E-state index is 13.6. The van der Waals surface area contributed by atoms with Gasteiger partial charge in [-0.1, -0.05) is 18.2 Å². The molecule has 1 aromatic carbocycles. The number of benzene rings is 1. The van der Waals surface area contributed by atoms with Gasteiger partial charge in [-0.15, -0.1) is 24.0 Å². The fourth-order valence-electron chi connectivity index (χ4n) is 2.71. The number of guanidine groups is 1. The van der Waals surface area contributed by atoms with Crippen molar-refractivity contribution in [2.45, 2.75) is 38.7 Å². The number of nitrogens with zero attached hydrogens (tertiary/aromatic N) is 1. The molecule has 7 heteroatoms. The molecule has 1 saturated heterocycles. The van der Waals surface area contributed by atoms with Gasteiger partial charge in [-0.3, -0.25) is 4.99 Å². The Morgan fingerprint density at radius 3 is 2.92 bits per heavy atom. The standard InChI is InChI=1S/C19H30FN3O2.HI/c1-2-21-19(23-12-10-16-7-3-4-9-18(16)20)22-11-6-13-24-15-17-8-5-14-25-17;/h3-4,7,9,17H,2,5-6,8,10-15H2,1H3,(H2,21,22,23);1H. The molecule has 1 aliphatic rings. The van der Waals surface area contributed by atoms with Crippen molar-refractivity contribution in [1.82, 2.24) is 10.6 Å². The Hall–Kier alpha value is -0.930. The summed E-state index contributed by atoms with van der Waals surface area (Å²) >= 11 is 0. The minimum Gasteiger partial charge on any atom is -0.379 e. The molecule has 1 unspecified atom stereocenters. The minimum absolute atomic E-state index is 0.